The first kappa shape index (κ1) is 7.29. The number of hydrogen-bond acceptors (Lipinski definition) is 2. The molecule has 0 spiro atoms. The van der Waals surface area contributed by atoms with E-state index in [1.54, 1.807) is 0 Å². The van der Waals surface area contributed by atoms with Crippen LogP contribution < -0.4 is 0 Å². The van der Waals surface area contributed by atoms with Crippen LogP contribution in [0.15, 0.2) is 24.3 Å². The zero-order valence-corrected chi connectivity index (χ0v) is 7.03. The molecule has 10 heavy (non-hydrogen) atoms. The van der Waals surface area contributed by atoms with Gasteiger partial charge in [-0.05, 0) is 12.1 Å². The van der Waals surface area contributed by atoms with Gasteiger partial charge in [0.25, 0.3) is 0 Å². The molecule has 2 aromatic rings. The van der Waals surface area contributed by atoms with Crippen LogP contribution in [0.2, 0.25) is 0 Å². The number of nitrogens with zero attached hydrogens (tertiary/aromatic N) is 2. The Kier molecular flexibility index (Phi) is 2.07. The first-order valence-corrected chi connectivity index (χ1v) is 2.72. The molecule has 1 aromatic heterocycles. The maximum Gasteiger partial charge on any atom is 0.112 e. The van der Waals surface area contributed by atoms with E-state index in [0.717, 1.165) is 11.0 Å². The third-order valence-corrected chi connectivity index (χ3v) is 1.22. The van der Waals surface area contributed by atoms with Crippen molar-refractivity contribution in [1.29, 1.82) is 0 Å². The average molecular weight is 194 g/mol. The monoisotopic (exact) mass is 194 g/mol. The predicted molar refractivity (Wildman–Crippen MR) is 39.6 cm³/mol. The molecule has 0 fully saturated rings. The van der Waals surface area contributed by atoms with E-state index in [2.05, 4.69) is 15.4 Å². The largest absolute Gasteiger partial charge is 0.197 e. The van der Waals surface area contributed by atoms with Crippen LogP contribution in [-0.2, 0) is 0 Å². The molecule has 0 aliphatic carbocycles. The van der Waals surface area contributed by atoms with E-state index in [1.165, 1.54) is 0 Å². The first-order chi connectivity index (χ1) is 4.47. The molecule has 0 amide bonds. The Morgan fingerprint density at radius 2 is 1.50 bits per heavy atom. The summed E-state index contributed by atoms with van der Waals surface area (Å²) in [6, 6.07) is 7.70. The van der Waals surface area contributed by atoms with Crippen LogP contribution in [0.5, 0.6) is 0 Å². The van der Waals surface area contributed by atoms with Gasteiger partial charge in [-0.1, -0.05) is 12.1 Å². The molecular formula is C6H5AsN3. The molecule has 1 heterocycles. The van der Waals surface area contributed by atoms with Crippen LogP contribution >= 0.6 is 0 Å². The summed E-state index contributed by atoms with van der Waals surface area (Å²) < 4.78 is 0. The smallest absolute Gasteiger partial charge is 0.112 e. The van der Waals surface area contributed by atoms with Crippen LogP contribution in [0.1, 0.15) is 0 Å². The number of nitrogens with one attached hydrogen (secondary N) is 1. The van der Waals surface area contributed by atoms with Crippen molar-refractivity contribution in [3.63, 3.8) is 0 Å². The van der Waals surface area contributed by atoms with E-state index in [0.29, 0.717) is 0 Å². The van der Waals surface area contributed by atoms with Gasteiger partial charge in [-0.3, -0.25) is 0 Å². The summed E-state index contributed by atoms with van der Waals surface area (Å²) >= 11 is 0. The second-order valence-corrected chi connectivity index (χ2v) is 1.81. The quantitative estimate of drug-likeness (QED) is 0.623. The molecule has 0 unspecified atom stereocenters. The van der Waals surface area contributed by atoms with Gasteiger partial charge in [0.05, 0.1) is 0 Å². The minimum absolute atomic E-state index is 0. The molecule has 3 radical (unpaired) electrons. The van der Waals surface area contributed by atoms with Crippen LogP contribution in [0.4, 0.5) is 0 Å². The molecule has 0 atom stereocenters. The Bertz CT molecular complexity index is 287. The van der Waals surface area contributed by atoms with Crippen molar-refractivity contribution in [3.8, 4) is 0 Å². The molecular weight excluding hydrogens is 189 g/mol. The Balaban J connectivity index is 0.000000500. The fourth-order valence-corrected chi connectivity index (χ4v) is 0.786. The Labute approximate surface area is 69.1 Å². The van der Waals surface area contributed by atoms with E-state index in [-0.39, 0.29) is 18.0 Å². The third kappa shape index (κ3) is 1.05. The van der Waals surface area contributed by atoms with Gasteiger partial charge in [0, 0.05) is 18.0 Å². The summed E-state index contributed by atoms with van der Waals surface area (Å²) in [5.74, 6) is 0. The van der Waals surface area contributed by atoms with Crippen molar-refractivity contribution in [2.24, 2.45) is 0 Å². The zero-order chi connectivity index (χ0) is 6.10. The molecule has 49 valence electrons. The van der Waals surface area contributed by atoms with Crippen molar-refractivity contribution in [2.75, 3.05) is 0 Å². The molecule has 1 N–H and O–H groups in total. The number of benzene rings is 1. The number of aromatic nitrogens is 3. The fraction of sp³-hybridized carbons (Fsp3) is 0. The number of para-hydroxylation sites is 2. The summed E-state index contributed by atoms with van der Waals surface area (Å²) in [6.45, 7) is 0. The molecule has 4 heteroatoms. The minimum atomic E-state index is 0. The summed E-state index contributed by atoms with van der Waals surface area (Å²) in [5, 5.41) is 10.3. The number of hydrogen-bond donors (Lipinski definition) is 1. The number of rotatable bonds is 0. The van der Waals surface area contributed by atoms with Crippen molar-refractivity contribution in [3.05, 3.63) is 24.3 Å². The Morgan fingerprint density at radius 1 is 1.00 bits per heavy atom. The molecule has 1 aromatic carbocycles. The van der Waals surface area contributed by atoms with Gasteiger partial charge in [-0.15, -0.1) is 0 Å². The zero-order valence-electron chi connectivity index (χ0n) is 5.15. The van der Waals surface area contributed by atoms with Crippen LogP contribution in [0, 0.1) is 0 Å². The van der Waals surface area contributed by atoms with Gasteiger partial charge >= 0.3 is 0 Å². The molecule has 0 aliphatic rings. The van der Waals surface area contributed by atoms with Gasteiger partial charge in [0.1, 0.15) is 11.0 Å². The number of aromatic amines is 1. The maximum absolute atomic E-state index is 3.88. The molecule has 0 bridgehead atoms. The second-order valence-electron chi connectivity index (χ2n) is 1.81. The fourth-order valence-electron chi connectivity index (χ4n) is 0.786. The van der Waals surface area contributed by atoms with Gasteiger partial charge in [-0.25, -0.2) is 0 Å². The van der Waals surface area contributed by atoms with E-state index in [1.807, 2.05) is 24.3 Å². The van der Waals surface area contributed by atoms with E-state index in [9.17, 15) is 0 Å². The van der Waals surface area contributed by atoms with Gasteiger partial charge < -0.3 is 0 Å². The SMILES string of the molecule is [As].c1ccc2n[nH]nc2c1. The molecule has 3 nitrogen and oxygen atoms in total. The molecule has 0 saturated carbocycles. The van der Waals surface area contributed by atoms with Crippen LogP contribution in [-0.4, -0.2) is 33.4 Å². The number of H-pyrrole nitrogens is 1. The molecule has 0 saturated heterocycles. The molecule has 0 aliphatic heterocycles. The Morgan fingerprint density at radius 3 is 2.00 bits per heavy atom. The summed E-state index contributed by atoms with van der Waals surface area (Å²) in [7, 11) is 0. The molecule has 2 rings (SSSR count). The van der Waals surface area contributed by atoms with Crippen molar-refractivity contribution >= 4 is 29.0 Å². The summed E-state index contributed by atoms with van der Waals surface area (Å²) in [6.07, 6.45) is 0. The second kappa shape index (κ2) is 2.84. The predicted octanol–water partition coefficient (Wildman–Crippen LogP) is 0.577. The summed E-state index contributed by atoms with van der Waals surface area (Å²) in [4.78, 5) is 0. The normalized spacial score (nSPS) is 9.20. The standard InChI is InChI=1S/C6H5N3.As/c1-2-4-6-5(3-1)7-9-8-6;/h1-4H,(H,7,8,9);. The van der Waals surface area contributed by atoms with Crippen molar-refractivity contribution in [1.82, 2.24) is 15.4 Å². The van der Waals surface area contributed by atoms with E-state index < -0.39 is 0 Å². The minimum Gasteiger partial charge on any atom is -0.197 e. The van der Waals surface area contributed by atoms with Crippen molar-refractivity contribution < 1.29 is 0 Å². The Hall–Kier alpha value is -0.822. The number of fused-ring (bicyclic) bond motifs is 1. The van der Waals surface area contributed by atoms with Gasteiger partial charge in [0.15, 0.2) is 0 Å². The van der Waals surface area contributed by atoms with E-state index >= 15 is 0 Å². The first-order valence-electron chi connectivity index (χ1n) is 2.72. The van der Waals surface area contributed by atoms with Crippen molar-refractivity contribution in [2.45, 2.75) is 0 Å². The summed E-state index contributed by atoms with van der Waals surface area (Å²) in [5.41, 5.74) is 1.83. The topological polar surface area (TPSA) is 41.6 Å². The van der Waals surface area contributed by atoms with Crippen LogP contribution in [0.25, 0.3) is 11.0 Å². The van der Waals surface area contributed by atoms with Gasteiger partial charge in [0.2, 0.25) is 0 Å². The van der Waals surface area contributed by atoms with E-state index in [4.69, 9.17) is 0 Å². The third-order valence-electron chi connectivity index (χ3n) is 1.22. The van der Waals surface area contributed by atoms with Crippen LogP contribution in [0.3, 0.4) is 0 Å². The maximum atomic E-state index is 3.88. The average Bonchev–Trinajstić information content (AvgIpc) is 2.33. The van der Waals surface area contributed by atoms with Gasteiger partial charge in [-0.2, -0.15) is 15.4 Å².